The van der Waals surface area contributed by atoms with E-state index in [1.165, 1.54) is 0 Å². The lowest BCUT2D eigenvalue weighted by Crippen LogP contribution is -2.41. The molecule has 20 heavy (non-hydrogen) atoms. The molecule has 0 radical (unpaired) electrons. The van der Waals surface area contributed by atoms with Crippen molar-refractivity contribution in [3.05, 3.63) is 18.6 Å². The Kier molecular flexibility index (Phi) is 3.73. The van der Waals surface area contributed by atoms with Gasteiger partial charge in [-0.1, -0.05) is 6.92 Å². The molecule has 3 heterocycles. The fraction of sp³-hybridized carbons (Fsp3) is 0.571. The van der Waals surface area contributed by atoms with Gasteiger partial charge in [-0.05, 0) is 13.3 Å². The van der Waals surface area contributed by atoms with E-state index >= 15 is 0 Å². The molecule has 1 saturated heterocycles. The van der Waals surface area contributed by atoms with E-state index < -0.39 is 0 Å². The highest BCUT2D eigenvalue weighted by Crippen LogP contribution is 2.22. The number of fused-ring (bicyclic) bond motifs is 1. The topological polar surface area (TPSA) is 54.7 Å². The molecule has 2 aromatic heterocycles. The van der Waals surface area contributed by atoms with Gasteiger partial charge in [-0.15, -0.1) is 0 Å². The number of ether oxygens (including phenoxy) is 1. The van der Waals surface area contributed by atoms with Crippen LogP contribution in [0.2, 0.25) is 0 Å². The van der Waals surface area contributed by atoms with E-state index in [1.807, 2.05) is 23.0 Å². The number of nitrogens with zero attached hydrogens (tertiary/aromatic N) is 4. The van der Waals surface area contributed by atoms with Crippen molar-refractivity contribution < 1.29 is 4.74 Å². The van der Waals surface area contributed by atoms with Crippen LogP contribution in [0.1, 0.15) is 20.3 Å². The predicted octanol–water partition coefficient (Wildman–Crippen LogP) is 1.78. The highest BCUT2D eigenvalue weighted by atomic mass is 16.5. The van der Waals surface area contributed by atoms with Crippen molar-refractivity contribution in [2.75, 3.05) is 36.5 Å². The first-order chi connectivity index (χ1) is 9.78. The minimum Gasteiger partial charge on any atom is -0.375 e. The maximum atomic E-state index is 5.61. The third-order valence-electron chi connectivity index (χ3n) is 3.45. The average molecular weight is 275 g/mol. The van der Waals surface area contributed by atoms with Gasteiger partial charge in [0.25, 0.3) is 0 Å². The Bertz CT molecular complexity index is 582. The van der Waals surface area contributed by atoms with E-state index in [9.17, 15) is 0 Å². The van der Waals surface area contributed by atoms with E-state index in [0.29, 0.717) is 0 Å². The highest BCUT2D eigenvalue weighted by Gasteiger charge is 2.21. The van der Waals surface area contributed by atoms with Gasteiger partial charge in [0.1, 0.15) is 5.82 Å². The normalized spacial score (nSPS) is 19.5. The van der Waals surface area contributed by atoms with Crippen molar-refractivity contribution in [3.63, 3.8) is 0 Å². The van der Waals surface area contributed by atoms with E-state index in [1.54, 1.807) is 0 Å². The molecule has 1 aliphatic heterocycles. The van der Waals surface area contributed by atoms with Crippen LogP contribution in [0.25, 0.3) is 5.65 Å². The molecule has 1 fully saturated rings. The molecule has 6 heteroatoms. The van der Waals surface area contributed by atoms with Gasteiger partial charge in [0.15, 0.2) is 11.5 Å². The SMILES string of the molecule is CCCNc1cn2ccnc2c(N2CCOC(C)C2)n1. The molecule has 0 saturated carbocycles. The van der Waals surface area contributed by atoms with Crippen molar-refractivity contribution in [3.8, 4) is 0 Å². The van der Waals surface area contributed by atoms with Crippen LogP contribution in [0.5, 0.6) is 0 Å². The third-order valence-corrected chi connectivity index (χ3v) is 3.45. The number of anilines is 2. The molecule has 3 rings (SSSR count). The van der Waals surface area contributed by atoms with Crippen LogP contribution >= 0.6 is 0 Å². The van der Waals surface area contributed by atoms with Gasteiger partial charge in [-0.3, -0.25) is 0 Å². The fourth-order valence-corrected chi connectivity index (χ4v) is 2.48. The molecule has 1 aliphatic rings. The van der Waals surface area contributed by atoms with Gasteiger partial charge in [0, 0.05) is 32.0 Å². The molecule has 0 aliphatic carbocycles. The zero-order chi connectivity index (χ0) is 13.9. The molecule has 0 bridgehead atoms. The van der Waals surface area contributed by atoms with Crippen molar-refractivity contribution in [2.45, 2.75) is 26.4 Å². The van der Waals surface area contributed by atoms with Crippen LogP contribution in [0.4, 0.5) is 11.6 Å². The summed E-state index contributed by atoms with van der Waals surface area (Å²) in [5, 5.41) is 3.35. The lowest BCUT2D eigenvalue weighted by atomic mass is 10.3. The largest absolute Gasteiger partial charge is 0.375 e. The zero-order valence-corrected chi connectivity index (χ0v) is 12.0. The number of hydrogen-bond acceptors (Lipinski definition) is 5. The van der Waals surface area contributed by atoms with Crippen LogP contribution in [0.15, 0.2) is 18.6 Å². The van der Waals surface area contributed by atoms with E-state index in [-0.39, 0.29) is 6.10 Å². The second-order valence-electron chi connectivity index (χ2n) is 5.16. The summed E-state index contributed by atoms with van der Waals surface area (Å²) in [6.45, 7) is 7.61. The summed E-state index contributed by atoms with van der Waals surface area (Å²) < 4.78 is 7.63. The van der Waals surface area contributed by atoms with Gasteiger partial charge in [0.2, 0.25) is 0 Å². The first-order valence-corrected chi connectivity index (χ1v) is 7.22. The number of nitrogens with one attached hydrogen (secondary N) is 1. The van der Waals surface area contributed by atoms with Crippen molar-refractivity contribution in [1.29, 1.82) is 0 Å². The lowest BCUT2D eigenvalue weighted by Gasteiger charge is -2.32. The molecule has 108 valence electrons. The summed E-state index contributed by atoms with van der Waals surface area (Å²) in [6, 6.07) is 0. The number of imidazole rings is 1. The molecule has 2 aromatic rings. The minimum atomic E-state index is 0.229. The summed E-state index contributed by atoms with van der Waals surface area (Å²) in [5.41, 5.74) is 0.904. The molecule has 1 unspecified atom stereocenters. The molecule has 0 spiro atoms. The molecule has 0 aromatic carbocycles. The van der Waals surface area contributed by atoms with Gasteiger partial charge < -0.3 is 19.4 Å². The standard InChI is InChI=1S/C14H21N5O/c1-3-4-15-12-10-18-6-5-16-13(18)14(17-12)19-7-8-20-11(2)9-19/h5-6,10-11,15H,3-4,7-9H2,1-2H3. The van der Waals surface area contributed by atoms with Crippen LogP contribution in [0.3, 0.4) is 0 Å². The second kappa shape index (κ2) is 5.66. The quantitative estimate of drug-likeness (QED) is 0.921. The van der Waals surface area contributed by atoms with Crippen molar-refractivity contribution in [1.82, 2.24) is 14.4 Å². The molecule has 1 N–H and O–H groups in total. The van der Waals surface area contributed by atoms with Gasteiger partial charge in [0.05, 0.1) is 18.9 Å². The van der Waals surface area contributed by atoms with E-state index in [0.717, 1.165) is 49.9 Å². The first kappa shape index (κ1) is 13.2. The summed E-state index contributed by atoms with van der Waals surface area (Å²) in [5.74, 6) is 1.83. The fourth-order valence-electron chi connectivity index (χ4n) is 2.48. The van der Waals surface area contributed by atoms with Crippen LogP contribution in [-0.4, -0.2) is 46.7 Å². The molecule has 0 amide bonds. The van der Waals surface area contributed by atoms with Crippen molar-refractivity contribution in [2.24, 2.45) is 0 Å². The van der Waals surface area contributed by atoms with E-state index in [4.69, 9.17) is 9.72 Å². The molecule has 6 nitrogen and oxygen atoms in total. The Labute approximate surface area is 118 Å². The zero-order valence-electron chi connectivity index (χ0n) is 12.0. The number of morpholine rings is 1. The second-order valence-corrected chi connectivity index (χ2v) is 5.16. The summed E-state index contributed by atoms with van der Waals surface area (Å²) in [4.78, 5) is 11.4. The van der Waals surface area contributed by atoms with Gasteiger partial charge >= 0.3 is 0 Å². The van der Waals surface area contributed by atoms with Crippen molar-refractivity contribution >= 4 is 17.3 Å². The Balaban J connectivity index is 1.96. The lowest BCUT2D eigenvalue weighted by molar-refractivity contribution is 0.0530. The molecule has 1 atom stereocenters. The first-order valence-electron chi connectivity index (χ1n) is 7.22. The molecular weight excluding hydrogens is 254 g/mol. The molecular formula is C14H21N5O. The predicted molar refractivity (Wildman–Crippen MR) is 79.4 cm³/mol. The Morgan fingerprint density at radius 1 is 1.50 bits per heavy atom. The maximum Gasteiger partial charge on any atom is 0.180 e. The minimum absolute atomic E-state index is 0.229. The van der Waals surface area contributed by atoms with Crippen LogP contribution in [0, 0.1) is 0 Å². The number of aromatic nitrogens is 3. The Hall–Kier alpha value is -1.82. The number of hydrogen-bond donors (Lipinski definition) is 1. The summed E-state index contributed by atoms with van der Waals surface area (Å²) >= 11 is 0. The maximum absolute atomic E-state index is 5.61. The monoisotopic (exact) mass is 275 g/mol. The highest BCUT2D eigenvalue weighted by molar-refractivity contribution is 5.67. The third kappa shape index (κ3) is 2.56. The summed E-state index contributed by atoms with van der Waals surface area (Å²) in [7, 11) is 0. The summed E-state index contributed by atoms with van der Waals surface area (Å²) in [6.07, 6.45) is 7.07. The van der Waals surface area contributed by atoms with Gasteiger partial charge in [-0.2, -0.15) is 0 Å². The Morgan fingerprint density at radius 2 is 2.40 bits per heavy atom. The van der Waals surface area contributed by atoms with Crippen LogP contribution < -0.4 is 10.2 Å². The average Bonchev–Trinajstić information content (AvgIpc) is 2.92. The van der Waals surface area contributed by atoms with E-state index in [2.05, 4.69) is 29.0 Å². The smallest absolute Gasteiger partial charge is 0.180 e. The van der Waals surface area contributed by atoms with Crippen LogP contribution in [-0.2, 0) is 4.74 Å². The number of rotatable bonds is 4. The Morgan fingerprint density at radius 3 is 3.20 bits per heavy atom. The van der Waals surface area contributed by atoms with Gasteiger partial charge in [-0.25, -0.2) is 9.97 Å².